The zero-order chi connectivity index (χ0) is 19.2. The highest BCUT2D eigenvalue weighted by Gasteiger charge is 2.12. The van der Waals surface area contributed by atoms with Crippen molar-refractivity contribution in [3.05, 3.63) is 81.4 Å². The van der Waals surface area contributed by atoms with Crippen molar-refractivity contribution in [2.24, 2.45) is 5.10 Å². The van der Waals surface area contributed by atoms with E-state index in [2.05, 4.69) is 26.4 Å². The normalized spacial score (nSPS) is 10.3. The summed E-state index contributed by atoms with van der Waals surface area (Å²) >= 11 is 0. The second kappa shape index (κ2) is 7.77. The molecule has 2 N–H and O–H groups in total. The number of aromatic amines is 1. The van der Waals surface area contributed by atoms with E-state index in [1.807, 2.05) is 12.1 Å². The van der Waals surface area contributed by atoms with Crippen molar-refractivity contribution in [1.82, 2.24) is 9.97 Å². The van der Waals surface area contributed by atoms with Crippen molar-refractivity contribution in [3.63, 3.8) is 0 Å². The summed E-state index contributed by atoms with van der Waals surface area (Å²) in [5.41, 5.74) is 3.30. The fraction of sp³-hybridized carbons (Fsp3) is 0. The molecule has 1 heterocycles. The quantitative estimate of drug-likeness (QED) is 0.426. The van der Waals surface area contributed by atoms with Crippen molar-refractivity contribution in [3.8, 4) is 29.7 Å². The number of terminal acetylenes is 1. The van der Waals surface area contributed by atoms with Gasteiger partial charge in [-0.1, -0.05) is 36.3 Å². The molecule has 130 valence electrons. The topological polar surface area (TPSA) is 93.9 Å². The van der Waals surface area contributed by atoms with Crippen LogP contribution in [0.25, 0.3) is 11.3 Å². The fourth-order valence-electron chi connectivity index (χ4n) is 2.32. The molecule has 0 aliphatic rings. The summed E-state index contributed by atoms with van der Waals surface area (Å²) in [7, 11) is 0. The van der Waals surface area contributed by atoms with Gasteiger partial charge in [-0.25, -0.2) is 14.8 Å². The van der Waals surface area contributed by atoms with E-state index in [0.29, 0.717) is 11.1 Å². The fourth-order valence-corrected chi connectivity index (χ4v) is 2.32. The lowest BCUT2D eigenvalue weighted by atomic mass is 10.1. The third-order valence-electron chi connectivity index (χ3n) is 3.62. The summed E-state index contributed by atoms with van der Waals surface area (Å²) in [5.74, 6) is 1.84. The van der Waals surface area contributed by atoms with Gasteiger partial charge >= 0.3 is 0 Å². The molecule has 7 heteroatoms. The van der Waals surface area contributed by atoms with Gasteiger partial charge in [0.2, 0.25) is 5.95 Å². The number of anilines is 1. The van der Waals surface area contributed by atoms with Crippen molar-refractivity contribution in [1.29, 1.82) is 5.26 Å². The van der Waals surface area contributed by atoms with E-state index in [9.17, 15) is 14.4 Å². The molecule has 6 nitrogen and oxygen atoms in total. The smallest absolute Gasteiger partial charge is 0.270 e. The molecule has 0 atom stereocenters. The molecule has 0 fully saturated rings. The average molecular weight is 357 g/mol. The van der Waals surface area contributed by atoms with Crippen LogP contribution in [0.1, 0.15) is 16.7 Å². The second-order valence-corrected chi connectivity index (χ2v) is 5.37. The second-order valence-electron chi connectivity index (χ2n) is 5.37. The van der Waals surface area contributed by atoms with Crippen LogP contribution in [0, 0.1) is 29.5 Å². The number of nitrogens with one attached hydrogen (secondary N) is 2. The number of hydrogen-bond acceptors (Lipinski definition) is 5. The molecular weight excluding hydrogens is 345 g/mol. The molecule has 0 saturated carbocycles. The summed E-state index contributed by atoms with van der Waals surface area (Å²) in [6.45, 7) is 0. The van der Waals surface area contributed by atoms with Crippen molar-refractivity contribution < 1.29 is 4.39 Å². The number of nitriles is 1. The van der Waals surface area contributed by atoms with Gasteiger partial charge < -0.3 is 0 Å². The molecule has 2 aromatic carbocycles. The van der Waals surface area contributed by atoms with Gasteiger partial charge in [-0.15, -0.1) is 6.42 Å². The number of aromatic nitrogens is 2. The SMILES string of the molecule is C#Cc1ccc(C=NNc2nc(-c3ccccc3)c(C#N)c(=O)[nH]2)c(F)c1. The van der Waals surface area contributed by atoms with Gasteiger partial charge in [0.25, 0.3) is 5.56 Å². The molecule has 0 amide bonds. The van der Waals surface area contributed by atoms with Gasteiger partial charge in [0.1, 0.15) is 17.4 Å². The minimum Gasteiger partial charge on any atom is -0.290 e. The maximum atomic E-state index is 13.9. The molecular formula is C20H12FN5O. The maximum Gasteiger partial charge on any atom is 0.270 e. The van der Waals surface area contributed by atoms with E-state index in [4.69, 9.17) is 6.42 Å². The number of nitrogens with zero attached hydrogens (tertiary/aromatic N) is 3. The highest BCUT2D eigenvalue weighted by molar-refractivity contribution is 5.80. The first kappa shape index (κ1) is 17.6. The maximum absolute atomic E-state index is 13.9. The van der Waals surface area contributed by atoms with Crippen LogP contribution < -0.4 is 11.0 Å². The third-order valence-corrected chi connectivity index (χ3v) is 3.62. The van der Waals surface area contributed by atoms with Gasteiger partial charge in [-0.05, 0) is 18.2 Å². The summed E-state index contributed by atoms with van der Waals surface area (Å²) in [6, 6.07) is 15.0. The molecule has 0 aliphatic heterocycles. The van der Waals surface area contributed by atoms with E-state index in [1.165, 1.54) is 18.3 Å². The van der Waals surface area contributed by atoms with E-state index >= 15 is 0 Å². The Morgan fingerprint density at radius 3 is 2.70 bits per heavy atom. The van der Waals surface area contributed by atoms with Crippen LogP contribution in [0.5, 0.6) is 0 Å². The zero-order valence-electron chi connectivity index (χ0n) is 13.9. The van der Waals surface area contributed by atoms with Gasteiger partial charge in [0.15, 0.2) is 0 Å². The lowest BCUT2D eigenvalue weighted by Gasteiger charge is -2.06. The van der Waals surface area contributed by atoms with Gasteiger partial charge in [-0.3, -0.25) is 9.78 Å². The lowest BCUT2D eigenvalue weighted by molar-refractivity contribution is 0.625. The minimum atomic E-state index is -0.603. The van der Waals surface area contributed by atoms with Gasteiger partial charge in [-0.2, -0.15) is 10.4 Å². The number of halogens is 1. The number of hydrogen-bond donors (Lipinski definition) is 2. The molecule has 3 rings (SSSR count). The predicted molar refractivity (Wildman–Crippen MR) is 101 cm³/mol. The van der Waals surface area contributed by atoms with Crippen LogP contribution in [0.3, 0.4) is 0 Å². The first-order chi connectivity index (χ1) is 13.1. The zero-order valence-corrected chi connectivity index (χ0v) is 13.9. The van der Waals surface area contributed by atoms with Crippen LogP contribution in [0.15, 0.2) is 58.4 Å². The minimum absolute atomic E-state index is 0.0229. The first-order valence-electron chi connectivity index (χ1n) is 7.77. The van der Waals surface area contributed by atoms with E-state index in [0.717, 1.165) is 0 Å². The first-order valence-corrected chi connectivity index (χ1v) is 7.77. The van der Waals surface area contributed by atoms with E-state index in [-0.39, 0.29) is 22.8 Å². The van der Waals surface area contributed by atoms with Gasteiger partial charge in [0.05, 0.1) is 11.9 Å². The molecule has 0 bridgehead atoms. The Labute approximate surface area is 154 Å². The summed E-state index contributed by atoms with van der Waals surface area (Å²) in [6.07, 6.45) is 6.45. The lowest BCUT2D eigenvalue weighted by Crippen LogP contribution is -2.16. The highest BCUT2D eigenvalue weighted by atomic mass is 19.1. The monoisotopic (exact) mass is 357 g/mol. The molecule has 0 saturated heterocycles. The largest absolute Gasteiger partial charge is 0.290 e. The molecule has 0 unspecified atom stereocenters. The summed E-state index contributed by atoms with van der Waals surface area (Å²) in [5, 5.41) is 13.1. The van der Waals surface area contributed by atoms with Crippen molar-refractivity contribution >= 4 is 12.2 Å². The molecule has 27 heavy (non-hydrogen) atoms. The Morgan fingerprint density at radius 1 is 1.26 bits per heavy atom. The molecule has 0 spiro atoms. The Hall–Kier alpha value is -4.23. The van der Waals surface area contributed by atoms with Crippen LogP contribution in [-0.2, 0) is 0 Å². The predicted octanol–water partition coefficient (Wildman–Crippen LogP) is 2.87. The number of rotatable bonds is 4. The Bertz CT molecular complexity index is 1150. The molecule has 3 aromatic rings. The standard InChI is InChI=1S/C20H12FN5O/c1-2-13-8-9-15(17(21)10-13)12-23-26-20-24-18(14-6-4-3-5-7-14)16(11-22)19(27)25-20/h1,3-10,12H,(H2,24,25,26,27). The van der Waals surface area contributed by atoms with Crippen LogP contribution in [0.2, 0.25) is 0 Å². The Morgan fingerprint density at radius 2 is 2.04 bits per heavy atom. The number of H-pyrrole nitrogens is 1. The molecule has 1 aromatic heterocycles. The Balaban J connectivity index is 1.90. The Kier molecular flexibility index (Phi) is 5.06. The average Bonchev–Trinajstić information content (AvgIpc) is 2.69. The highest BCUT2D eigenvalue weighted by Crippen LogP contribution is 2.19. The summed E-state index contributed by atoms with van der Waals surface area (Å²) in [4.78, 5) is 18.8. The van der Waals surface area contributed by atoms with Crippen LogP contribution >= 0.6 is 0 Å². The van der Waals surface area contributed by atoms with Crippen molar-refractivity contribution in [2.45, 2.75) is 0 Å². The third kappa shape index (κ3) is 3.89. The van der Waals surface area contributed by atoms with Crippen molar-refractivity contribution in [2.75, 3.05) is 5.43 Å². The summed E-state index contributed by atoms with van der Waals surface area (Å²) < 4.78 is 13.9. The van der Waals surface area contributed by atoms with Crippen LogP contribution in [0.4, 0.5) is 10.3 Å². The number of hydrazone groups is 1. The molecule has 0 radical (unpaired) electrons. The van der Waals surface area contributed by atoms with Crippen LogP contribution in [-0.4, -0.2) is 16.2 Å². The van der Waals surface area contributed by atoms with E-state index in [1.54, 1.807) is 30.3 Å². The molecule has 0 aliphatic carbocycles. The van der Waals surface area contributed by atoms with Gasteiger partial charge in [0, 0.05) is 16.7 Å². The van der Waals surface area contributed by atoms with E-state index < -0.39 is 11.4 Å². The number of benzene rings is 2.